The van der Waals surface area contributed by atoms with Crippen molar-refractivity contribution in [3.05, 3.63) is 0 Å². The third kappa shape index (κ3) is 5.44. The van der Waals surface area contributed by atoms with Crippen molar-refractivity contribution in [1.29, 1.82) is 0 Å². The SMILES string of the molecule is CCCCCN(S)C(CS)C(=O)O. The van der Waals surface area contributed by atoms with Crippen molar-refractivity contribution in [1.82, 2.24) is 4.31 Å². The Morgan fingerprint density at radius 2 is 2.15 bits per heavy atom. The van der Waals surface area contributed by atoms with Crippen LogP contribution in [-0.4, -0.2) is 33.7 Å². The van der Waals surface area contributed by atoms with Crippen LogP contribution in [0.2, 0.25) is 0 Å². The molecule has 0 aromatic carbocycles. The highest BCUT2D eigenvalue weighted by atomic mass is 32.1. The summed E-state index contributed by atoms with van der Waals surface area (Å²) in [7, 11) is 0. The molecule has 0 saturated carbocycles. The summed E-state index contributed by atoms with van der Waals surface area (Å²) in [5.74, 6) is -0.563. The van der Waals surface area contributed by atoms with E-state index in [-0.39, 0.29) is 0 Å². The molecule has 0 aromatic heterocycles. The number of rotatable bonds is 7. The van der Waals surface area contributed by atoms with Gasteiger partial charge in [-0.05, 0) is 6.42 Å². The fourth-order valence-electron chi connectivity index (χ4n) is 0.979. The quantitative estimate of drug-likeness (QED) is 0.454. The van der Waals surface area contributed by atoms with Crippen LogP contribution >= 0.6 is 25.4 Å². The first-order chi connectivity index (χ1) is 6.13. The summed E-state index contributed by atoms with van der Waals surface area (Å²) in [5.41, 5.74) is 0. The zero-order chi connectivity index (χ0) is 10.3. The molecule has 0 spiro atoms. The first-order valence-corrected chi connectivity index (χ1v) is 5.45. The molecule has 0 fully saturated rings. The van der Waals surface area contributed by atoms with Gasteiger partial charge < -0.3 is 5.11 Å². The molecule has 13 heavy (non-hydrogen) atoms. The van der Waals surface area contributed by atoms with Crippen molar-refractivity contribution in [3.63, 3.8) is 0 Å². The van der Waals surface area contributed by atoms with Crippen molar-refractivity contribution < 1.29 is 9.90 Å². The molecule has 0 amide bonds. The van der Waals surface area contributed by atoms with Crippen LogP contribution in [0.4, 0.5) is 0 Å². The largest absolute Gasteiger partial charge is 0.480 e. The zero-order valence-electron chi connectivity index (χ0n) is 7.81. The van der Waals surface area contributed by atoms with Gasteiger partial charge in [0.05, 0.1) is 0 Å². The maximum absolute atomic E-state index is 10.7. The smallest absolute Gasteiger partial charge is 0.322 e. The fraction of sp³-hybridized carbons (Fsp3) is 0.875. The van der Waals surface area contributed by atoms with Gasteiger partial charge in [0.2, 0.25) is 0 Å². The van der Waals surface area contributed by atoms with E-state index in [1.54, 1.807) is 4.31 Å². The molecule has 0 heterocycles. The third-order valence-corrected chi connectivity index (χ3v) is 2.63. The fourth-order valence-corrected chi connectivity index (χ4v) is 1.78. The van der Waals surface area contributed by atoms with E-state index in [1.807, 2.05) is 0 Å². The minimum absolute atomic E-state index is 0.297. The number of hydrogen-bond donors (Lipinski definition) is 3. The molecule has 0 bridgehead atoms. The monoisotopic (exact) mass is 223 g/mol. The Labute approximate surface area is 90.5 Å². The van der Waals surface area contributed by atoms with E-state index < -0.39 is 12.0 Å². The van der Waals surface area contributed by atoms with Crippen molar-refractivity contribution >= 4 is 31.4 Å². The Hall–Kier alpha value is 0.130. The maximum atomic E-state index is 10.7. The van der Waals surface area contributed by atoms with Crippen LogP contribution in [0.5, 0.6) is 0 Å². The van der Waals surface area contributed by atoms with Crippen LogP contribution in [0.1, 0.15) is 26.2 Å². The molecule has 1 atom stereocenters. The Bertz CT molecular complexity index is 155. The zero-order valence-corrected chi connectivity index (χ0v) is 9.60. The van der Waals surface area contributed by atoms with Crippen molar-refractivity contribution in [2.75, 3.05) is 12.3 Å². The summed E-state index contributed by atoms with van der Waals surface area (Å²) < 4.78 is 1.55. The molecular weight excluding hydrogens is 206 g/mol. The Kier molecular flexibility index (Phi) is 7.60. The lowest BCUT2D eigenvalue weighted by Crippen LogP contribution is -2.37. The number of thiol groups is 2. The van der Waals surface area contributed by atoms with E-state index in [0.29, 0.717) is 12.3 Å². The van der Waals surface area contributed by atoms with Crippen LogP contribution in [-0.2, 0) is 4.79 Å². The molecule has 0 rings (SSSR count). The summed E-state index contributed by atoms with van der Waals surface area (Å²) in [4.78, 5) is 10.7. The topological polar surface area (TPSA) is 40.5 Å². The van der Waals surface area contributed by atoms with Crippen LogP contribution < -0.4 is 0 Å². The summed E-state index contributed by atoms with van der Waals surface area (Å²) >= 11 is 8.09. The molecule has 1 unspecified atom stereocenters. The standard InChI is InChI=1S/C8H17NO2S2/c1-2-3-4-5-9(13)7(6-12)8(10)11/h7,12-13H,2-6H2,1H3,(H,10,11). The molecule has 0 aromatic rings. The van der Waals surface area contributed by atoms with E-state index in [2.05, 4.69) is 32.4 Å². The molecule has 0 aliphatic heterocycles. The van der Waals surface area contributed by atoms with E-state index in [9.17, 15) is 4.79 Å². The Morgan fingerprint density at radius 1 is 1.54 bits per heavy atom. The average Bonchev–Trinajstić information content (AvgIpc) is 2.05. The lowest BCUT2D eigenvalue weighted by Gasteiger charge is -2.21. The number of carbonyl (C=O) groups is 1. The highest BCUT2D eigenvalue weighted by molar-refractivity contribution is 7.80. The second-order valence-electron chi connectivity index (χ2n) is 2.91. The molecule has 0 aliphatic rings. The third-order valence-electron chi connectivity index (χ3n) is 1.81. The van der Waals surface area contributed by atoms with E-state index >= 15 is 0 Å². The summed E-state index contributed by atoms with van der Waals surface area (Å²) in [5, 5.41) is 8.76. The number of nitrogens with zero attached hydrogens (tertiary/aromatic N) is 1. The van der Waals surface area contributed by atoms with Gasteiger partial charge in [0.15, 0.2) is 0 Å². The Morgan fingerprint density at radius 3 is 2.54 bits per heavy atom. The highest BCUT2D eigenvalue weighted by Crippen LogP contribution is 2.08. The number of unbranched alkanes of at least 4 members (excludes halogenated alkanes) is 2. The van der Waals surface area contributed by atoms with E-state index in [0.717, 1.165) is 19.3 Å². The van der Waals surface area contributed by atoms with Crippen molar-refractivity contribution in [2.24, 2.45) is 0 Å². The van der Waals surface area contributed by atoms with Gasteiger partial charge in [-0.3, -0.25) is 4.79 Å². The molecule has 3 nitrogen and oxygen atoms in total. The number of carboxylic acid groups (broad SMARTS) is 1. The summed E-state index contributed by atoms with van der Waals surface area (Å²) in [6, 6.07) is -0.580. The maximum Gasteiger partial charge on any atom is 0.322 e. The molecule has 78 valence electrons. The van der Waals surface area contributed by atoms with Crippen molar-refractivity contribution in [3.8, 4) is 0 Å². The molecule has 1 N–H and O–H groups in total. The van der Waals surface area contributed by atoms with Crippen molar-refractivity contribution in [2.45, 2.75) is 32.2 Å². The lowest BCUT2D eigenvalue weighted by atomic mass is 10.2. The van der Waals surface area contributed by atoms with Crippen LogP contribution in [0.3, 0.4) is 0 Å². The van der Waals surface area contributed by atoms with Gasteiger partial charge in [0.1, 0.15) is 6.04 Å². The van der Waals surface area contributed by atoms with Crippen LogP contribution in [0.25, 0.3) is 0 Å². The molecule has 0 radical (unpaired) electrons. The first kappa shape index (κ1) is 13.1. The number of aliphatic carboxylic acids is 1. The predicted octanol–water partition coefficient (Wildman–Crippen LogP) is 1.71. The summed E-state index contributed by atoms with van der Waals surface area (Å²) in [6.45, 7) is 2.81. The molecule has 0 saturated heterocycles. The minimum atomic E-state index is -0.860. The number of hydrogen-bond acceptors (Lipinski definition) is 4. The average molecular weight is 223 g/mol. The minimum Gasteiger partial charge on any atom is -0.480 e. The highest BCUT2D eigenvalue weighted by Gasteiger charge is 2.20. The van der Waals surface area contributed by atoms with Gasteiger partial charge in [-0.1, -0.05) is 32.6 Å². The van der Waals surface area contributed by atoms with Gasteiger partial charge in [-0.25, -0.2) is 4.31 Å². The van der Waals surface area contributed by atoms with Gasteiger partial charge in [0.25, 0.3) is 0 Å². The molecule has 0 aliphatic carbocycles. The molecule has 5 heteroatoms. The predicted molar refractivity (Wildman–Crippen MR) is 60.5 cm³/mol. The van der Waals surface area contributed by atoms with Gasteiger partial charge in [0, 0.05) is 12.3 Å². The first-order valence-electron chi connectivity index (χ1n) is 4.42. The van der Waals surface area contributed by atoms with Gasteiger partial charge in [-0.2, -0.15) is 12.6 Å². The van der Waals surface area contributed by atoms with E-state index in [4.69, 9.17) is 5.11 Å². The number of carboxylic acids is 1. The van der Waals surface area contributed by atoms with Gasteiger partial charge >= 0.3 is 5.97 Å². The van der Waals surface area contributed by atoms with Gasteiger partial charge in [-0.15, -0.1) is 0 Å². The normalized spacial score (nSPS) is 13.2. The Balaban J connectivity index is 3.77. The lowest BCUT2D eigenvalue weighted by molar-refractivity contribution is -0.140. The second kappa shape index (κ2) is 7.53. The second-order valence-corrected chi connectivity index (χ2v) is 3.79. The summed E-state index contributed by atoms with van der Waals surface area (Å²) in [6.07, 6.45) is 3.22. The van der Waals surface area contributed by atoms with E-state index in [1.165, 1.54) is 0 Å². The molecular formula is C8H17NO2S2. The van der Waals surface area contributed by atoms with Crippen LogP contribution in [0.15, 0.2) is 0 Å². The van der Waals surface area contributed by atoms with Crippen LogP contribution in [0, 0.1) is 0 Å².